The molecule has 0 bridgehead atoms. The lowest BCUT2D eigenvalue weighted by Gasteiger charge is -2.39. The maximum Gasteiger partial charge on any atom is 0.216 e. The molecule has 4 heteroatoms. The lowest BCUT2D eigenvalue weighted by Crippen LogP contribution is -2.42. The molecule has 1 aromatic heterocycles. The average molecular weight is 313 g/mol. The smallest absolute Gasteiger partial charge is 0.216 e. The number of ketones is 1. The van der Waals surface area contributed by atoms with Crippen LogP contribution in [0.25, 0.3) is 0 Å². The molecule has 1 aliphatic heterocycles. The Kier molecular flexibility index (Phi) is 3.43. The molecule has 0 aromatic carbocycles. The zero-order chi connectivity index (χ0) is 16.0. The lowest BCUT2D eigenvalue weighted by atomic mass is 9.83. The number of carbonyl (C=O) groups is 2. The van der Waals surface area contributed by atoms with E-state index in [2.05, 4.69) is 10.6 Å². The standard InChI is InChI=1S/C19H23NO3/c21-12-14-17(22)16-9-8-15(13-6-2-1-3-7-13)20(16)19(18(14)23)10-4-5-11-19/h8-9,12-13,23H,1-7,10-11H2. The molecule has 3 aliphatic rings. The van der Waals surface area contributed by atoms with Gasteiger partial charge in [-0.05, 0) is 43.7 Å². The van der Waals surface area contributed by atoms with Crippen LogP contribution in [-0.4, -0.2) is 21.7 Å². The van der Waals surface area contributed by atoms with Crippen LogP contribution in [0.1, 0.15) is 79.9 Å². The monoisotopic (exact) mass is 313 g/mol. The van der Waals surface area contributed by atoms with Crippen molar-refractivity contribution >= 4 is 12.1 Å². The van der Waals surface area contributed by atoms with Gasteiger partial charge >= 0.3 is 0 Å². The Morgan fingerprint density at radius 2 is 1.78 bits per heavy atom. The summed E-state index contributed by atoms with van der Waals surface area (Å²) in [5, 5.41) is 10.8. The molecular formula is C19H23NO3. The Balaban J connectivity index is 1.90. The highest BCUT2D eigenvalue weighted by Gasteiger charge is 2.48. The number of Topliss-reactive ketones (excluding diaryl/α,β-unsaturated/α-hetero) is 1. The number of aldehydes is 1. The van der Waals surface area contributed by atoms with Crippen molar-refractivity contribution in [3.05, 3.63) is 34.9 Å². The molecule has 1 aromatic rings. The molecule has 2 saturated carbocycles. The Morgan fingerprint density at radius 3 is 2.43 bits per heavy atom. The number of rotatable bonds is 2. The summed E-state index contributed by atoms with van der Waals surface area (Å²) in [5.41, 5.74) is 1.18. The number of allylic oxidation sites excluding steroid dienone is 2. The fourth-order valence-corrected chi connectivity index (χ4v) is 4.96. The molecule has 2 fully saturated rings. The zero-order valence-corrected chi connectivity index (χ0v) is 13.4. The number of hydrogen-bond donors (Lipinski definition) is 1. The van der Waals surface area contributed by atoms with E-state index in [0.29, 0.717) is 17.9 Å². The Hall–Kier alpha value is -1.84. The summed E-state index contributed by atoms with van der Waals surface area (Å²) in [6.45, 7) is 0. The molecule has 1 spiro atoms. The van der Waals surface area contributed by atoms with Crippen LogP contribution in [0.4, 0.5) is 0 Å². The van der Waals surface area contributed by atoms with Crippen molar-refractivity contribution in [2.45, 2.75) is 69.2 Å². The molecule has 122 valence electrons. The van der Waals surface area contributed by atoms with Gasteiger partial charge in [-0.1, -0.05) is 32.1 Å². The third kappa shape index (κ3) is 1.97. The number of aliphatic hydroxyl groups excluding tert-OH is 1. The number of aromatic nitrogens is 1. The minimum absolute atomic E-state index is 0.00996. The fraction of sp³-hybridized carbons (Fsp3) is 0.579. The van der Waals surface area contributed by atoms with Gasteiger partial charge in [-0.3, -0.25) is 9.59 Å². The molecule has 0 amide bonds. The van der Waals surface area contributed by atoms with Crippen molar-refractivity contribution in [3.63, 3.8) is 0 Å². The third-order valence-corrected chi connectivity index (χ3v) is 6.08. The first-order chi connectivity index (χ1) is 11.2. The van der Waals surface area contributed by atoms with E-state index < -0.39 is 5.54 Å². The second-order valence-corrected chi connectivity index (χ2v) is 7.26. The summed E-state index contributed by atoms with van der Waals surface area (Å²) in [6.07, 6.45) is 10.2. The van der Waals surface area contributed by atoms with Crippen molar-refractivity contribution in [2.75, 3.05) is 0 Å². The number of nitrogens with zero attached hydrogens (tertiary/aromatic N) is 1. The SMILES string of the molecule is O=CC1=C(O)C2(CCCC2)n2c(ccc2C2CCCCC2)C1=O. The zero-order valence-electron chi connectivity index (χ0n) is 13.4. The van der Waals surface area contributed by atoms with E-state index in [9.17, 15) is 14.7 Å². The van der Waals surface area contributed by atoms with Crippen LogP contribution < -0.4 is 0 Å². The quantitative estimate of drug-likeness (QED) is 0.663. The van der Waals surface area contributed by atoms with Crippen LogP contribution in [0.3, 0.4) is 0 Å². The molecule has 4 nitrogen and oxygen atoms in total. The second kappa shape index (κ2) is 5.36. The number of aliphatic hydroxyl groups is 1. The molecule has 4 rings (SSSR count). The van der Waals surface area contributed by atoms with Crippen LogP contribution >= 0.6 is 0 Å². The van der Waals surface area contributed by atoms with Crippen LogP contribution in [-0.2, 0) is 10.3 Å². The van der Waals surface area contributed by atoms with E-state index in [0.717, 1.165) is 38.5 Å². The fourth-order valence-electron chi connectivity index (χ4n) is 4.96. The van der Waals surface area contributed by atoms with Gasteiger partial charge in [0.2, 0.25) is 5.78 Å². The lowest BCUT2D eigenvalue weighted by molar-refractivity contribution is -0.105. The number of fused-ring (bicyclic) bond motifs is 2. The van der Waals surface area contributed by atoms with E-state index in [1.165, 1.54) is 25.0 Å². The predicted molar refractivity (Wildman–Crippen MR) is 86.7 cm³/mol. The van der Waals surface area contributed by atoms with Gasteiger partial charge < -0.3 is 9.67 Å². The second-order valence-electron chi connectivity index (χ2n) is 7.26. The normalized spacial score (nSPS) is 24.3. The van der Waals surface area contributed by atoms with E-state index in [1.807, 2.05) is 6.07 Å². The summed E-state index contributed by atoms with van der Waals surface area (Å²) in [6, 6.07) is 3.92. The maximum atomic E-state index is 12.6. The van der Waals surface area contributed by atoms with Crippen LogP contribution in [0.15, 0.2) is 23.5 Å². The third-order valence-electron chi connectivity index (χ3n) is 6.08. The highest BCUT2D eigenvalue weighted by atomic mass is 16.3. The highest BCUT2D eigenvalue weighted by molar-refractivity contribution is 6.20. The summed E-state index contributed by atoms with van der Waals surface area (Å²) < 4.78 is 2.11. The van der Waals surface area contributed by atoms with Crippen LogP contribution in [0.5, 0.6) is 0 Å². The maximum absolute atomic E-state index is 12.6. The van der Waals surface area contributed by atoms with Gasteiger partial charge in [-0.2, -0.15) is 0 Å². The van der Waals surface area contributed by atoms with Gasteiger partial charge in [-0.15, -0.1) is 0 Å². The minimum Gasteiger partial charge on any atom is -0.509 e. The summed E-state index contributed by atoms with van der Waals surface area (Å²) in [5.74, 6) is 0.154. The Bertz CT molecular complexity index is 685. The van der Waals surface area contributed by atoms with Crippen molar-refractivity contribution in [2.24, 2.45) is 0 Å². The largest absolute Gasteiger partial charge is 0.509 e. The molecule has 2 heterocycles. The van der Waals surface area contributed by atoms with Gasteiger partial charge in [0.25, 0.3) is 0 Å². The first kappa shape index (κ1) is 14.7. The molecule has 1 N–H and O–H groups in total. The molecule has 0 unspecified atom stereocenters. The van der Waals surface area contributed by atoms with Gasteiger partial charge in [0.1, 0.15) is 16.9 Å². The van der Waals surface area contributed by atoms with Crippen molar-refractivity contribution in [1.82, 2.24) is 4.57 Å². The molecule has 0 atom stereocenters. The first-order valence-corrected chi connectivity index (χ1v) is 8.85. The summed E-state index contributed by atoms with van der Waals surface area (Å²) in [4.78, 5) is 24.0. The van der Waals surface area contributed by atoms with Crippen LogP contribution in [0.2, 0.25) is 0 Å². The van der Waals surface area contributed by atoms with E-state index in [4.69, 9.17) is 0 Å². The van der Waals surface area contributed by atoms with Crippen molar-refractivity contribution < 1.29 is 14.7 Å². The molecule has 23 heavy (non-hydrogen) atoms. The number of carbonyl (C=O) groups excluding carboxylic acids is 2. The van der Waals surface area contributed by atoms with E-state index in [-0.39, 0.29) is 17.1 Å². The van der Waals surface area contributed by atoms with E-state index >= 15 is 0 Å². The van der Waals surface area contributed by atoms with Crippen molar-refractivity contribution in [1.29, 1.82) is 0 Å². The summed E-state index contributed by atoms with van der Waals surface area (Å²) in [7, 11) is 0. The van der Waals surface area contributed by atoms with Gasteiger partial charge in [-0.25, -0.2) is 0 Å². The Morgan fingerprint density at radius 1 is 1.09 bits per heavy atom. The number of hydrogen-bond acceptors (Lipinski definition) is 3. The molecule has 0 radical (unpaired) electrons. The summed E-state index contributed by atoms with van der Waals surface area (Å²) >= 11 is 0. The topological polar surface area (TPSA) is 59.3 Å². The molecule has 0 saturated heterocycles. The highest BCUT2D eigenvalue weighted by Crippen LogP contribution is 2.49. The van der Waals surface area contributed by atoms with Gasteiger partial charge in [0.05, 0.1) is 5.69 Å². The van der Waals surface area contributed by atoms with Gasteiger partial charge in [0.15, 0.2) is 6.29 Å². The Labute approximate surface area is 136 Å². The molecule has 2 aliphatic carbocycles. The van der Waals surface area contributed by atoms with Gasteiger partial charge in [0, 0.05) is 5.69 Å². The van der Waals surface area contributed by atoms with Crippen LogP contribution in [0, 0.1) is 0 Å². The molecular weight excluding hydrogens is 290 g/mol. The van der Waals surface area contributed by atoms with Crippen molar-refractivity contribution in [3.8, 4) is 0 Å². The average Bonchev–Trinajstić information content (AvgIpc) is 3.23. The first-order valence-electron chi connectivity index (χ1n) is 8.85. The predicted octanol–water partition coefficient (Wildman–Crippen LogP) is 4.01. The van der Waals surface area contributed by atoms with E-state index in [1.54, 1.807) is 0 Å². The minimum atomic E-state index is -0.560.